The molecule has 0 amide bonds. The summed E-state index contributed by atoms with van der Waals surface area (Å²) in [6.45, 7) is -0.493. The van der Waals surface area contributed by atoms with Gasteiger partial charge in [-0.05, 0) is 5.53 Å². The second kappa shape index (κ2) is 5.24. The van der Waals surface area contributed by atoms with Crippen molar-refractivity contribution in [3.05, 3.63) is 43.5 Å². The highest BCUT2D eigenvalue weighted by molar-refractivity contribution is 4.96. The van der Waals surface area contributed by atoms with Gasteiger partial charge < -0.3 is 14.9 Å². The number of aromatic nitrogens is 2. The van der Waals surface area contributed by atoms with E-state index in [9.17, 15) is 14.7 Å². The summed E-state index contributed by atoms with van der Waals surface area (Å²) in [5.74, 6) is 0. The van der Waals surface area contributed by atoms with Gasteiger partial charge in [0.2, 0.25) is 0 Å². The fraction of sp³-hybridized carbons (Fsp3) is 0.556. The van der Waals surface area contributed by atoms with Gasteiger partial charge in [0.25, 0.3) is 5.56 Å². The van der Waals surface area contributed by atoms with Gasteiger partial charge >= 0.3 is 5.69 Å². The second-order valence-corrected chi connectivity index (χ2v) is 3.95. The lowest BCUT2D eigenvalue weighted by molar-refractivity contribution is -0.0464. The van der Waals surface area contributed by atoms with Crippen LogP contribution in [0.1, 0.15) is 6.23 Å². The van der Waals surface area contributed by atoms with Crippen molar-refractivity contribution in [2.24, 2.45) is 5.11 Å². The maximum Gasteiger partial charge on any atom is 0.330 e. The van der Waals surface area contributed by atoms with E-state index in [1.807, 2.05) is 4.98 Å². The summed E-state index contributed by atoms with van der Waals surface area (Å²) in [5.41, 5.74) is 7.12. The van der Waals surface area contributed by atoms with E-state index in [-0.39, 0.29) is 0 Å². The number of rotatable bonds is 3. The molecule has 1 aromatic rings. The van der Waals surface area contributed by atoms with E-state index >= 15 is 0 Å². The van der Waals surface area contributed by atoms with E-state index in [0.717, 1.165) is 16.8 Å². The summed E-state index contributed by atoms with van der Waals surface area (Å²) < 4.78 is 6.26. The van der Waals surface area contributed by atoms with E-state index in [1.165, 1.54) is 0 Å². The normalized spacial score (nSPS) is 30.0. The smallest absolute Gasteiger partial charge is 0.330 e. The second-order valence-electron chi connectivity index (χ2n) is 3.95. The topological polar surface area (TPSA) is 153 Å². The largest absolute Gasteiger partial charge is 0.394 e. The molecule has 19 heavy (non-hydrogen) atoms. The Bertz CT molecular complexity index is 618. The predicted molar refractivity (Wildman–Crippen MR) is 61.3 cm³/mol. The first-order valence-electron chi connectivity index (χ1n) is 5.38. The molecule has 0 bridgehead atoms. The Balaban J connectivity index is 2.44. The maximum atomic E-state index is 11.6. The fourth-order valence-electron chi connectivity index (χ4n) is 1.92. The number of H-pyrrole nitrogens is 1. The van der Waals surface area contributed by atoms with E-state index in [2.05, 4.69) is 10.0 Å². The molecule has 0 aliphatic carbocycles. The van der Waals surface area contributed by atoms with E-state index in [4.69, 9.17) is 15.4 Å². The van der Waals surface area contributed by atoms with Crippen molar-refractivity contribution in [1.29, 1.82) is 0 Å². The lowest BCUT2D eigenvalue weighted by Gasteiger charge is -2.17. The van der Waals surface area contributed by atoms with Crippen molar-refractivity contribution in [3.63, 3.8) is 0 Å². The minimum atomic E-state index is -1.25. The molecular weight excluding hydrogens is 258 g/mol. The Morgan fingerprint density at radius 3 is 2.89 bits per heavy atom. The molecule has 2 heterocycles. The molecule has 102 valence electrons. The van der Waals surface area contributed by atoms with Crippen molar-refractivity contribution in [1.82, 2.24) is 9.55 Å². The van der Waals surface area contributed by atoms with Crippen molar-refractivity contribution in [3.8, 4) is 0 Å². The van der Waals surface area contributed by atoms with Crippen LogP contribution in [0.4, 0.5) is 0 Å². The van der Waals surface area contributed by atoms with Crippen LogP contribution in [0.2, 0.25) is 0 Å². The molecule has 1 aliphatic heterocycles. The van der Waals surface area contributed by atoms with Gasteiger partial charge in [-0.25, -0.2) is 4.79 Å². The van der Waals surface area contributed by atoms with Gasteiger partial charge in [-0.2, -0.15) is 0 Å². The number of aromatic amines is 1. The van der Waals surface area contributed by atoms with Gasteiger partial charge in [-0.1, -0.05) is 5.11 Å². The first-order valence-corrected chi connectivity index (χ1v) is 5.38. The third-order valence-corrected chi connectivity index (χ3v) is 2.83. The maximum absolute atomic E-state index is 11.6. The summed E-state index contributed by atoms with van der Waals surface area (Å²) >= 11 is 0. The van der Waals surface area contributed by atoms with Crippen LogP contribution in [0.25, 0.3) is 10.4 Å². The highest BCUT2D eigenvalue weighted by Crippen LogP contribution is 2.30. The van der Waals surface area contributed by atoms with Crippen LogP contribution in [0.15, 0.2) is 27.0 Å². The number of ether oxygens (including phenoxy) is 1. The number of nitrogens with one attached hydrogen (secondary N) is 1. The zero-order valence-electron chi connectivity index (χ0n) is 9.58. The first kappa shape index (κ1) is 13.3. The SMILES string of the molecule is [N-]=[N+]=N[C@H]1[C@H](O)[C@H](CO)O[C@H]1n1ccc(=O)[nH]c1=O. The lowest BCUT2D eigenvalue weighted by atomic mass is 10.1. The molecule has 10 heteroatoms. The average molecular weight is 269 g/mol. The first-order chi connectivity index (χ1) is 9.08. The van der Waals surface area contributed by atoms with Crippen LogP contribution >= 0.6 is 0 Å². The zero-order valence-corrected chi connectivity index (χ0v) is 9.58. The van der Waals surface area contributed by atoms with E-state index < -0.39 is 42.3 Å². The minimum absolute atomic E-state index is 0.493. The van der Waals surface area contributed by atoms with Gasteiger partial charge in [0.15, 0.2) is 0 Å². The van der Waals surface area contributed by atoms with Crippen LogP contribution in [-0.4, -0.2) is 44.6 Å². The third kappa shape index (κ3) is 2.37. The van der Waals surface area contributed by atoms with Gasteiger partial charge in [0.05, 0.1) is 12.7 Å². The Labute approximate surface area is 105 Å². The Morgan fingerprint density at radius 2 is 2.32 bits per heavy atom. The Morgan fingerprint density at radius 1 is 1.58 bits per heavy atom. The Hall–Kier alpha value is -2.13. The monoisotopic (exact) mass is 269 g/mol. The van der Waals surface area contributed by atoms with Gasteiger partial charge in [-0.3, -0.25) is 14.3 Å². The highest BCUT2D eigenvalue weighted by Gasteiger charge is 2.44. The predicted octanol–water partition coefficient (Wildman–Crippen LogP) is -1.53. The highest BCUT2D eigenvalue weighted by atomic mass is 16.5. The van der Waals surface area contributed by atoms with Crippen LogP contribution in [0.3, 0.4) is 0 Å². The molecule has 10 nitrogen and oxygen atoms in total. The van der Waals surface area contributed by atoms with Crippen LogP contribution < -0.4 is 11.2 Å². The van der Waals surface area contributed by atoms with Crippen molar-refractivity contribution in [2.45, 2.75) is 24.5 Å². The summed E-state index contributed by atoms with van der Waals surface area (Å²) in [7, 11) is 0. The summed E-state index contributed by atoms with van der Waals surface area (Å²) in [4.78, 5) is 27.2. The lowest BCUT2D eigenvalue weighted by Crippen LogP contribution is -2.36. The molecule has 1 aliphatic rings. The summed E-state index contributed by atoms with van der Waals surface area (Å²) in [6, 6.07) is 0.0158. The molecule has 0 aromatic carbocycles. The van der Waals surface area contributed by atoms with E-state index in [0.29, 0.717) is 0 Å². The standard InChI is InChI=1S/C9H11N5O5/c10-13-12-6-7(17)4(3-15)19-8(6)14-2-1-5(16)11-9(14)18/h1-2,4,6-8,15,17H,3H2,(H,11,16,18)/t4-,6-,7+,8+/m0/s1. The van der Waals surface area contributed by atoms with Crippen LogP contribution in [0, 0.1) is 0 Å². The molecule has 4 atom stereocenters. The van der Waals surface area contributed by atoms with Gasteiger partial charge in [0.1, 0.15) is 18.4 Å². The molecule has 0 saturated carbocycles. The molecule has 1 aromatic heterocycles. The molecule has 0 unspecified atom stereocenters. The van der Waals surface area contributed by atoms with Crippen LogP contribution in [0.5, 0.6) is 0 Å². The van der Waals surface area contributed by atoms with Gasteiger partial charge in [0, 0.05) is 17.2 Å². The molecule has 2 rings (SSSR count). The number of nitrogens with zero attached hydrogens (tertiary/aromatic N) is 4. The van der Waals surface area contributed by atoms with Crippen LogP contribution in [-0.2, 0) is 4.74 Å². The number of azide groups is 1. The van der Waals surface area contributed by atoms with Gasteiger partial charge in [-0.15, -0.1) is 0 Å². The third-order valence-electron chi connectivity index (χ3n) is 2.83. The fourth-order valence-corrected chi connectivity index (χ4v) is 1.92. The van der Waals surface area contributed by atoms with Crippen molar-refractivity contribution < 1.29 is 14.9 Å². The zero-order chi connectivity index (χ0) is 14.0. The number of hydrogen-bond donors (Lipinski definition) is 3. The molecule has 0 spiro atoms. The summed E-state index contributed by atoms with van der Waals surface area (Å²) in [5, 5.41) is 22.2. The van der Waals surface area contributed by atoms with E-state index in [1.54, 1.807) is 0 Å². The molecule has 1 fully saturated rings. The van der Waals surface area contributed by atoms with Crippen molar-refractivity contribution >= 4 is 0 Å². The molecule has 1 saturated heterocycles. The Kier molecular flexibility index (Phi) is 3.67. The quantitative estimate of drug-likeness (QED) is 0.345. The number of hydrogen-bond acceptors (Lipinski definition) is 6. The van der Waals surface area contributed by atoms with Crippen molar-refractivity contribution in [2.75, 3.05) is 6.61 Å². The molecule has 0 radical (unpaired) electrons. The average Bonchev–Trinajstić information content (AvgIpc) is 2.68. The number of aliphatic hydroxyl groups excluding tert-OH is 2. The minimum Gasteiger partial charge on any atom is -0.394 e. The molecular formula is C9H11N5O5. The molecule has 3 N–H and O–H groups in total. The summed E-state index contributed by atoms with van der Waals surface area (Å²) in [6.07, 6.45) is -2.14. The number of aliphatic hydroxyl groups is 2.